The normalized spacial score (nSPS) is 15.7. The van der Waals surface area contributed by atoms with Gasteiger partial charge < -0.3 is 14.0 Å². The zero-order valence-electron chi connectivity index (χ0n) is 15.4. The summed E-state index contributed by atoms with van der Waals surface area (Å²) in [6, 6.07) is 14.3. The molecule has 0 amide bonds. The van der Waals surface area contributed by atoms with Crippen molar-refractivity contribution in [2.75, 3.05) is 13.7 Å². The van der Waals surface area contributed by atoms with Gasteiger partial charge in [-0.25, -0.2) is 4.68 Å². The van der Waals surface area contributed by atoms with Crippen LogP contribution in [0.1, 0.15) is 23.1 Å². The molecule has 5 rings (SSSR count). The van der Waals surface area contributed by atoms with Crippen molar-refractivity contribution in [2.45, 2.75) is 19.9 Å². The SMILES string of the molecule is COc1nn2c3c(c(-c4c(C)noc4C)ccc13)OCC2c1ccccc1. The summed E-state index contributed by atoms with van der Waals surface area (Å²) in [4.78, 5) is 0. The number of hydrogen-bond donors (Lipinski definition) is 0. The van der Waals surface area contributed by atoms with E-state index in [0.717, 1.165) is 44.8 Å². The highest BCUT2D eigenvalue weighted by Gasteiger charge is 2.31. The van der Waals surface area contributed by atoms with Gasteiger partial charge in [0.1, 0.15) is 23.9 Å². The maximum atomic E-state index is 6.30. The van der Waals surface area contributed by atoms with E-state index in [1.165, 1.54) is 0 Å². The number of nitrogens with zero attached hydrogens (tertiary/aromatic N) is 3. The quantitative estimate of drug-likeness (QED) is 0.544. The van der Waals surface area contributed by atoms with Crippen molar-refractivity contribution in [3.8, 4) is 22.8 Å². The van der Waals surface area contributed by atoms with Crippen LogP contribution in [0.4, 0.5) is 0 Å². The maximum Gasteiger partial charge on any atom is 0.240 e. The van der Waals surface area contributed by atoms with Crippen molar-refractivity contribution in [1.29, 1.82) is 0 Å². The molecule has 3 heterocycles. The van der Waals surface area contributed by atoms with Gasteiger partial charge in [-0.2, -0.15) is 0 Å². The molecule has 6 heteroatoms. The van der Waals surface area contributed by atoms with E-state index in [0.29, 0.717) is 12.5 Å². The first-order chi connectivity index (χ1) is 13.2. The highest BCUT2D eigenvalue weighted by molar-refractivity contribution is 5.97. The fourth-order valence-corrected chi connectivity index (χ4v) is 3.91. The largest absolute Gasteiger partial charge is 0.488 e. The third kappa shape index (κ3) is 2.26. The summed E-state index contributed by atoms with van der Waals surface area (Å²) in [6.07, 6.45) is 0. The summed E-state index contributed by atoms with van der Waals surface area (Å²) in [6.45, 7) is 4.35. The number of ether oxygens (including phenoxy) is 2. The van der Waals surface area contributed by atoms with Crippen molar-refractivity contribution in [2.24, 2.45) is 0 Å². The van der Waals surface area contributed by atoms with Crippen LogP contribution in [-0.2, 0) is 0 Å². The molecule has 1 aliphatic rings. The van der Waals surface area contributed by atoms with E-state index in [-0.39, 0.29) is 6.04 Å². The Kier molecular flexibility index (Phi) is 3.47. The predicted octanol–water partition coefficient (Wildman–Crippen LogP) is 4.30. The number of benzene rings is 2. The highest BCUT2D eigenvalue weighted by atomic mass is 16.5. The molecule has 0 aliphatic carbocycles. The molecule has 0 saturated carbocycles. The van der Waals surface area contributed by atoms with Crippen LogP contribution in [0.25, 0.3) is 22.0 Å². The van der Waals surface area contributed by atoms with Crippen LogP contribution < -0.4 is 9.47 Å². The van der Waals surface area contributed by atoms with Gasteiger partial charge in [-0.1, -0.05) is 35.5 Å². The first kappa shape index (κ1) is 15.9. The smallest absolute Gasteiger partial charge is 0.240 e. The van der Waals surface area contributed by atoms with Gasteiger partial charge >= 0.3 is 0 Å². The van der Waals surface area contributed by atoms with E-state index in [1.807, 2.05) is 48.9 Å². The minimum Gasteiger partial charge on any atom is -0.488 e. The van der Waals surface area contributed by atoms with Crippen LogP contribution in [0.2, 0.25) is 0 Å². The molecule has 0 bridgehead atoms. The van der Waals surface area contributed by atoms with Gasteiger partial charge in [-0.3, -0.25) is 0 Å². The molecule has 0 N–H and O–H groups in total. The topological polar surface area (TPSA) is 62.3 Å². The fourth-order valence-electron chi connectivity index (χ4n) is 3.91. The average molecular weight is 361 g/mol. The van der Waals surface area contributed by atoms with Crippen molar-refractivity contribution in [1.82, 2.24) is 14.9 Å². The Morgan fingerprint density at radius 1 is 1.11 bits per heavy atom. The lowest BCUT2D eigenvalue weighted by molar-refractivity contribution is 0.247. The lowest BCUT2D eigenvalue weighted by Crippen LogP contribution is -2.24. The summed E-state index contributed by atoms with van der Waals surface area (Å²) >= 11 is 0. The van der Waals surface area contributed by atoms with E-state index < -0.39 is 0 Å². The molecule has 2 aromatic carbocycles. The van der Waals surface area contributed by atoms with Crippen LogP contribution >= 0.6 is 0 Å². The van der Waals surface area contributed by atoms with Gasteiger partial charge in [0.2, 0.25) is 5.88 Å². The molecule has 1 atom stereocenters. The Balaban J connectivity index is 1.80. The molecule has 0 spiro atoms. The van der Waals surface area contributed by atoms with Gasteiger partial charge in [-0.15, -0.1) is 5.10 Å². The van der Waals surface area contributed by atoms with Crippen LogP contribution in [0, 0.1) is 13.8 Å². The lowest BCUT2D eigenvalue weighted by Gasteiger charge is -2.26. The molecule has 6 nitrogen and oxygen atoms in total. The summed E-state index contributed by atoms with van der Waals surface area (Å²) in [5.74, 6) is 2.17. The van der Waals surface area contributed by atoms with Gasteiger partial charge in [-0.05, 0) is 31.5 Å². The first-order valence-electron chi connectivity index (χ1n) is 8.89. The molecular formula is C21H19N3O3. The minimum atomic E-state index is -0.00924. The number of methoxy groups -OCH3 is 1. The van der Waals surface area contributed by atoms with Crippen LogP contribution in [0.5, 0.6) is 11.6 Å². The zero-order valence-corrected chi connectivity index (χ0v) is 15.4. The molecular weight excluding hydrogens is 342 g/mol. The number of rotatable bonds is 3. The van der Waals surface area contributed by atoms with Gasteiger partial charge in [0, 0.05) is 5.56 Å². The maximum absolute atomic E-state index is 6.30. The molecule has 27 heavy (non-hydrogen) atoms. The van der Waals surface area contributed by atoms with Crippen LogP contribution in [0.3, 0.4) is 0 Å². The highest BCUT2D eigenvalue weighted by Crippen LogP contribution is 2.45. The van der Waals surface area contributed by atoms with Gasteiger partial charge in [0.25, 0.3) is 0 Å². The molecule has 4 aromatic rings. The minimum absolute atomic E-state index is 0.00924. The van der Waals surface area contributed by atoms with Gasteiger partial charge in [0.05, 0.1) is 23.8 Å². The molecule has 2 aromatic heterocycles. The van der Waals surface area contributed by atoms with Crippen molar-refractivity contribution in [3.63, 3.8) is 0 Å². The van der Waals surface area contributed by atoms with E-state index in [1.54, 1.807) is 7.11 Å². The third-order valence-corrected chi connectivity index (χ3v) is 5.15. The Morgan fingerprint density at radius 2 is 1.93 bits per heavy atom. The Labute approximate surface area is 156 Å². The van der Waals surface area contributed by atoms with E-state index in [4.69, 9.17) is 19.1 Å². The van der Waals surface area contributed by atoms with Crippen LogP contribution in [0.15, 0.2) is 47.0 Å². The summed E-state index contributed by atoms with van der Waals surface area (Å²) in [5, 5.41) is 9.77. The number of aryl methyl sites for hydroxylation is 2. The van der Waals surface area contributed by atoms with Crippen molar-refractivity contribution >= 4 is 10.9 Å². The molecule has 0 fully saturated rings. The van der Waals surface area contributed by atoms with E-state index in [2.05, 4.69) is 17.3 Å². The number of hydrogen-bond acceptors (Lipinski definition) is 5. The third-order valence-electron chi connectivity index (χ3n) is 5.15. The summed E-state index contributed by atoms with van der Waals surface area (Å²) in [5.41, 5.74) is 4.86. The zero-order chi connectivity index (χ0) is 18.5. The molecule has 1 unspecified atom stereocenters. The Bertz CT molecular complexity index is 1130. The van der Waals surface area contributed by atoms with E-state index in [9.17, 15) is 0 Å². The second-order valence-electron chi connectivity index (χ2n) is 6.73. The van der Waals surface area contributed by atoms with Crippen LogP contribution in [-0.4, -0.2) is 28.7 Å². The standard InChI is InChI=1S/C21H19N3O3/c1-12-18(13(2)27-23-12)15-9-10-16-19-20(15)26-11-17(14-7-5-4-6-8-14)24(19)22-21(16)25-3/h4-10,17H,11H2,1-3H3. The Morgan fingerprint density at radius 3 is 2.63 bits per heavy atom. The van der Waals surface area contributed by atoms with Gasteiger partial charge in [0.15, 0.2) is 5.75 Å². The molecule has 0 saturated heterocycles. The fraction of sp³-hybridized carbons (Fsp3) is 0.238. The molecule has 1 aliphatic heterocycles. The predicted molar refractivity (Wildman–Crippen MR) is 101 cm³/mol. The molecule has 0 radical (unpaired) electrons. The second kappa shape index (κ2) is 5.87. The lowest BCUT2D eigenvalue weighted by atomic mass is 9.99. The monoisotopic (exact) mass is 361 g/mol. The van der Waals surface area contributed by atoms with Crippen molar-refractivity contribution in [3.05, 3.63) is 59.5 Å². The average Bonchev–Trinajstić information content (AvgIpc) is 3.24. The molecule has 136 valence electrons. The number of aromatic nitrogens is 3. The first-order valence-corrected chi connectivity index (χ1v) is 8.89. The summed E-state index contributed by atoms with van der Waals surface area (Å²) in [7, 11) is 1.64. The van der Waals surface area contributed by atoms with E-state index >= 15 is 0 Å². The summed E-state index contributed by atoms with van der Waals surface area (Å²) < 4.78 is 19.2. The second-order valence-corrected chi connectivity index (χ2v) is 6.73. The Hall–Kier alpha value is -3.28. The van der Waals surface area contributed by atoms with Crippen molar-refractivity contribution < 1.29 is 14.0 Å².